The van der Waals surface area contributed by atoms with E-state index in [2.05, 4.69) is 27.2 Å². The molecule has 0 saturated heterocycles. The maximum Gasteiger partial charge on any atom is 0.230 e. The molecule has 0 radical (unpaired) electrons. The average molecular weight is 289 g/mol. The van der Waals surface area contributed by atoms with Gasteiger partial charge in [-0.1, -0.05) is 44.2 Å². The van der Waals surface area contributed by atoms with Crippen LogP contribution in [0.4, 0.5) is 0 Å². The summed E-state index contributed by atoms with van der Waals surface area (Å²) in [5, 5.41) is 17.5. The molecule has 0 unspecified atom stereocenters. The minimum Gasteiger partial charge on any atom is -0.424 e. The van der Waals surface area contributed by atoms with Crippen molar-refractivity contribution < 1.29 is 9.52 Å². The molecule has 0 saturated carbocycles. The SMILES string of the molecule is CC(C)c1nnc(CN(C)[C@@H](CCO)c2ccccc2)o1. The molecule has 1 N–H and O–H groups in total. The van der Waals surface area contributed by atoms with Crippen LogP contribution >= 0.6 is 0 Å². The zero-order chi connectivity index (χ0) is 15.2. The van der Waals surface area contributed by atoms with Crippen molar-refractivity contribution in [3.63, 3.8) is 0 Å². The first-order valence-electron chi connectivity index (χ1n) is 7.30. The van der Waals surface area contributed by atoms with Crippen LogP contribution in [0.25, 0.3) is 0 Å². The Morgan fingerprint density at radius 2 is 1.90 bits per heavy atom. The molecule has 5 heteroatoms. The molecule has 5 nitrogen and oxygen atoms in total. The van der Waals surface area contributed by atoms with Gasteiger partial charge in [0.1, 0.15) is 0 Å². The van der Waals surface area contributed by atoms with Gasteiger partial charge >= 0.3 is 0 Å². The van der Waals surface area contributed by atoms with Gasteiger partial charge in [-0.15, -0.1) is 10.2 Å². The van der Waals surface area contributed by atoms with Crippen LogP contribution in [0.2, 0.25) is 0 Å². The summed E-state index contributed by atoms with van der Waals surface area (Å²) in [7, 11) is 2.01. The minimum absolute atomic E-state index is 0.130. The van der Waals surface area contributed by atoms with Crippen LogP contribution in [0.3, 0.4) is 0 Å². The van der Waals surface area contributed by atoms with Crippen molar-refractivity contribution in [3.05, 3.63) is 47.7 Å². The third-order valence-electron chi connectivity index (χ3n) is 3.48. The third kappa shape index (κ3) is 4.12. The summed E-state index contributed by atoms with van der Waals surface area (Å²) < 4.78 is 5.65. The largest absolute Gasteiger partial charge is 0.424 e. The number of benzene rings is 1. The number of aromatic nitrogens is 2. The summed E-state index contributed by atoms with van der Waals surface area (Å²) in [6, 6.07) is 10.3. The highest BCUT2D eigenvalue weighted by atomic mass is 16.4. The van der Waals surface area contributed by atoms with Crippen LogP contribution in [0.5, 0.6) is 0 Å². The fourth-order valence-corrected chi connectivity index (χ4v) is 2.33. The molecule has 0 bridgehead atoms. The summed E-state index contributed by atoms with van der Waals surface area (Å²) in [4.78, 5) is 2.13. The quantitative estimate of drug-likeness (QED) is 0.849. The van der Waals surface area contributed by atoms with E-state index in [4.69, 9.17) is 4.42 Å². The van der Waals surface area contributed by atoms with Gasteiger partial charge in [0.2, 0.25) is 11.8 Å². The fourth-order valence-electron chi connectivity index (χ4n) is 2.33. The first-order chi connectivity index (χ1) is 10.1. The molecule has 1 aromatic carbocycles. The van der Waals surface area contributed by atoms with Gasteiger partial charge in [0.25, 0.3) is 0 Å². The molecular formula is C16H23N3O2. The molecular weight excluding hydrogens is 266 g/mol. The molecule has 1 heterocycles. The molecule has 2 aromatic rings. The number of aliphatic hydroxyl groups is 1. The van der Waals surface area contributed by atoms with Crippen LogP contribution < -0.4 is 0 Å². The highest BCUT2D eigenvalue weighted by molar-refractivity contribution is 5.19. The average Bonchev–Trinajstić information content (AvgIpc) is 2.94. The van der Waals surface area contributed by atoms with Crippen LogP contribution in [0.1, 0.15) is 49.6 Å². The summed E-state index contributed by atoms with van der Waals surface area (Å²) >= 11 is 0. The highest BCUT2D eigenvalue weighted by Gasteiger charge is 2.19. The highest BCUT2D eigenvalue weighted by Crippen LogP contribution is 2.24. The maximum absolute atomic E-state index is 9.31. The van der Waals surface area contributed by atoms with Crippen molar-refractivity contribution in [1.82, 2.24) is 15.1 Å². The van der Waals surface area contributed by atoms with Gasteiger partial charge in [-0.25, -0.2) is 0 Å². The fraction of sp³-hybridized carbons (Fsp3) is 0.500. The number of rotatable bonds is 7. The normalized spacial score (nSPS) is 13.0. The maximum atomic E-state index is 9.31. The summed E-state index contributed by atoms with van der Waals surface area (Å²) in [5.74, 6) is 1.51. The van der Waals surface area contributed by atoms with Crippen molar-refractivity contribution >= 4 is 0 Å². The summed E-state index contributed by atoms with van der Waals surface area (Å²) in [6.45, 7) is 4.77. The monoisotopic (exact) mass is 289 g/mol. The molecule has 114 valence electrons. The Balaban J connectivity index is 2.09. The van der Waals surface area contributed by atoms with Crippen LogP contribution in [-0.4, -0.2) is 33.9 Å². The molecule has 2 rings (SSSR count). The lowest BCUT2D eigenvalue weighted by molar-refractivity contribution is 0.167. The summed E-state index contributed by atoms with van der Waals surface area (Å²) in [5.41, 5.74) is 1.18. The first kappa shape index (κ1) is 15.7. The van der Waals surface area contributed by atoms with E-state index >= 15 is 0 Å². The zero-order valence-corrected chi connectivity index (χ0v) is 12.9. The van der Waals surface area contributed by atoms with Gasteiger partial charge in [-0.05, 0) is 19.0 Å². The lowest BCUT2D eigenvalue weighted by atomic mass is 10.0. The Kier molecular flexibility index (Phi) is 5.47. The third-order valence-corrected chi connectivity index (χ3v) is 3.48. The number of aliphatic hydroxyl groups excluding tert-OH is 1. The second kappa shape index (κ2) is 7.33. The van der Waals surface area contributed by atoms with E-state index in [0.29, 0.717) is 24.7 Å². The van der Waals surface area contributed by atoms with Gasteiger partial charge in [0, 0.05) is 18.6 Å². The topological polar surface area (TPSA) is 62.4 Å². The van der Waals surface area contributed by atoms with Crippen molar-refractivity contribution in [2.24, 2.45) is 0 Å². The van der Waals surface area contributed by atoms with E-state index in [1.165, 1.54) is 5.56 Å². The molecule has 0 fully saturated rings. The van der Waals surface area contributed by atoms with Gasteiger partial charge in [0.05, 0.1) is 6.54 Å². The minimum atomic E-state index is 0.130. The molecule has 0 spiro atoms. The van der Waals surface area contributed by atoms with E-state index in [1.807, 2.05) is 39.1 Å². The molecule has 0 aliphatic rings. The Morgan fingerprint density at radius 1 is 1.19 bits per heavy atom. The second-order valence-corrected chi connectivity index (χ2v) is 5.54. The Labute approximate surface area is 125 Å². The smallest absolute Gasteiger partial charge is 0.230 e. The van der Waals surface area contributed by atoms with E-state index in [-0.39, 0.29) is 18.6 Å². The zero-order valence-electron chi connectivity index (χ0n) is 12.9. The van der Waals surface area contributed by atoms with Gasteiger partial charge < -0.3 is 9.52 Å². The van der Waals surface area contributed by atoms with Crippen LogP contribution in [0, 0.1) is 0 Å². The van der Waals surface area contributed by atoms with E-state index in [9.17, 15) is 5.11 Å². The molecule has 1 atom stereocenters. The Hall–Kier alpha value is -1.72. The Bertz CT molecular complexity index is 539. The predicted octanol–water partition coefficient (Wildman–Crippen LogP) is 2.75. The van der Waals surface area contributed by atoms with Crippen LogP contribution in [0.15, 0.2) is 34.7 Å². The van der Waals surface area contributed by atoms with E-state index in [0.717, 1.165) is 0 Å². The lowest BCUT2D eigenvalue weighted by Crippen LogP contribution is -2.25. The first-order valence-corrected chi connectivity index (χ1v) is 7.30. The molecule has 21 heavy (non-hydrogen) atoms. The van der Waals surface area contributed by atoms with Crippen LogP contribution in [-0.2, 0) is 6.54 Å². The standard InChI is InChI=1S/C16H23N3O2/c1-12(2)16-18-17-15(21-16)11-19(3)14(9-10-20)13-7-5-4-6-8-13/h4-8,12,14,20H,9-11H2,1-3H3/t14-/m0/s1. The predicted molar refractivity (Wildman–Crippen MR) is 80.7 cm³/mol. The van der Waals surface area contributed by atoms with Gasteiger partial charge in [0.15, 0.2) is 0 Å². The van der Waals surface area contributed by atoms with Crippen molar-refractivity contribution in [1.29, 1.82) is 0 Å². The number of nitrogens with zero attached hydrogens (tertiary/aromatic N) is 3. The molecule has 1 aromatic heterocycles. The van der Waals surface area contributed by atoms with E-state index in [1.54, 1.807) is 0 Å². The van der Waals surface area contributed by atoms with Crippen molar-refractivity contribution in [2.75, 3.05) is 13.7 Å². The molecule has 0 aliphatic carbocycles. The van der Waals surface area contributed by atoms with Gasteiger partial charge in [-0.2, -0.15) is 0 Å². The summed E-state index contributed by atoms with van der Waals surface area (Å²) in [6.07, 6.45) is 0.672. The second-order valence-electron chi connectivity index (χ2n) is 5.54. The Morgan fingerprint density at radius 3 is 2.48 bits per heavy atom. The van der Waals surface area contributed by atoms with Gasteiger partial charge in [-0.3, -0.25) is 4.90 Å². The van der Waals surface area contributed by atoms with Crippen molar-refractivity contribution in [3.8, 4) is 0 Å². The number of hydrogen-bond acceptors (Lipinski definition) is 5. The lowest BCUT2D eigenvalue weighted by Gasteiger charge is -2.26. The molecule has 0 aliphatic heterocycles. The van der Waals surface area contributed by atoms with E-state index < -0.39 is 0 Å². The van der Waals surface area contributed by atoms with Crippen molar-refractivity contribution in [2.45, 2.75) is 38.8 Å². The molecule has 0 amide bonds. The number of hydrogen-bond donors (Lipinski definition) is 1.